The molecule has 5 nitrogen and oxygen atoms in total. The fraction of sp³-hybridized carbons (Fsp3) is 0.176. The van der Waals surface area contributed by atoms with Gasteiger partial charge in [-0.05, 0) is 55.5 Å². The number of nitrogens with one attached hydrogen (secondary N) is 1. The molecule has 0 saturated carbocycles. The Morgan fingerprint density at radius 2 is 1.59 bits per heavy atom. The lowest BCUT2D eigenvalue weighted by Crippen LogP contribution is -2.14. The van der Waals surface area contributed by atoms with E-state index in [9.17, 15) is 14.7 Å². The van der Waals surface area contributed by atoms with Crippen molar-refractivity contribution in [2.24, 2.45) is 0 Å². The summed E-state index contributed by atoms with van der Waals surface area (Å²) in [5.74, 6) is -0.331. The smallest absolute Gasteiger partial charge is 0.338 e. The summed E-state index contributed by atoms with van der Waals surface area (Å²) in [6, 6.07) is 12.8. The molecule has 0 fully saturated rings. The van der Waals surface area contributed by atoms with Crippen molar-refractivity contribution in [1.82, 2.24) is 0 Å². The molecule has 0 atom stereocenters. The molecule has 2 aromatic rings. The first-order valence-corrected chi connectivity index (χ1v) is 6.93. The lowest BCUT2D eigenvalue weighted by Gasteiger charge is -2.07. The molecule has 0 amide bonds. The van der Waals surface area contributed by atoms with Gasteiger partial charge in [-0.25, -0.2) is 4.79 Å². The van der Waals surface area contributed by atoms with Crippen molar-refractivity contribution in [3.63, 3.8) is 0 Å². The molecule has 0 heterocycles. The van der Waals surface area contributed by atoms with Crippen LogP contribution in [0.15, 0.2) is 48.5 Å². The third-order valence-electron chi connectivity index (χ3n) is 3.04. The molecule has 0 aromatic heterocycles. The zero-order valence-electron chi connectivity index (χ0n) is 12.2. The van der Waals surface area contributed by atoms with E-state index >= 15 is 0 Å². The van der Waals surface area contributed by atoms with Crippen molar-refractivity contribution < 1.29 is 19.4 Å². The highest BCUT2D eigenvalue weighted by Crippen LogP contribution is 2.13. The van der Waals surface area contributed by atoms with Crippen LogP contribution >= 0.6 is 0 Å². The highest BCUT2D eigenvalue weighted by Gasteiger charge is 2.07. The Morgan fingerprint density at radius 1 is 1.00 bits per heavy atom. The topological polar surface area (TPSA) is 75.6 Å². The minimum absolute atomic E-state index is 0.0885. The van der Waals surface area contributed by atoms with Gasteiger partial charge in [0.1, 0.15) is 5.75 Å². The second-order valence-corrected chi connectivity index (χ2v) is 4.62. The van der Waals surface area contributed by atoms with E-state index in [4.69, 9.17) is 4.74 Å². The van der Waals surface area contributed by atoms with E-state index in [-0.39, 0.29) is 24.0 Å². The number of aromatic hydroxyl groups is 1. The molecule has 0 saturated heterocycles. The summed E-state index contributed by atoms with van der Waals surface area (Å²) in [6.07, 6.45) is 0. The molecule has 2 N–H and O–H groups in total. The molecule has 0 aliphatic carbocycles. The van der Waals surface area contributed by atoms with Gasteiger partial charge in [0.05, 0.1) is 18.7 Å². The van der Waals surface area contributed by atoms with Crippen LogP contribution in [0.5, 0.6) is 5.75 Å². The number of rotatable bonds is 6. The number of Topliss-reactive ketones (excluding diaryl/α,β-unsaturated/α-hetero) is 1. The standard InChI is InChI=1S/C17H17NO4/c1-2-22-17(21)13-3-7-14(8-4-13)18-11-16(20)12-5-9-15(19)10-6-12/h3-10,18-19H,2,11H2,1H3. The van der Waals surface area contributed by atoms with Gasteiger partial charge < -0.3 is 15.2 Å². The van der Waals surface area contributed by atoms with Crippen LogP contribution in [0.3, 0.4) is 0 Å². The summed E-state index contributed by atoms with van der Waals surface area (Å²) < 4.78 is 4.90. The number of phenolic OH excluding ortho intramolecular Hbond substituents is 1. The van der Waals surface area contributed by atoms with Gasteiger partial charge in [0.15, 0.2) is 5.78 Å². The molecule has 0 unspecified atom stereocenters. The van der Waals surface area contributed by atoms with E-state index in [0.717, 1.165) is 5.69 Å². The van der Waals surface area contributed by atoms with Crippen molar-refractivity contribution in [3.8, 4) is 5.75 Å². The molecule has 5 heteroatoms. The first-order chi connectivity index (χ1) is 10.6. The molecule has 22 heavy (non-hydrogen) atoms. The summed E-state index contributed by atoms with van der Waals surface area (Å²) in [4.78, 5) is 23.5. The molecule has 0 aliphatic heterocycles. The molecule has 0 radical (unpaired) electrons. The first kappa shape index (κ1) is 15.6. The van der Waals surface area contributed by atoms with Gasteiger partial charge in [0.25, 0.3) is 0 Å². The number of carbonyl (C=O) groups excluding carboxylic acids is 2. The summed E-state index contributed by atoms with van der Waals surface area (Å²) in [5.41, 5.74) is 1.73. The molecular formula is C17H17NO4. The highest BCUT2D eigenvalue weighted by atomic mass is 16.5. The zero-order valence-corrected chi connectivity index (χ0v) is 12.2. The van der Waals surface area contributed by atoms with Gasteiger partial charge in [0, 0.05) is 11.3 Å². The van der Waals surface area contributed by atoms with Gasteiger partial charge in [0.2, 0.25) is 0 Å². The number of benzene rings is 2. The molecule has 2 aromatic carbocycles. The predicted molar refractivity (Wildman–Crippen MR) is 83.3 cm³/mol. The fourth-order valence-corrected chi connectivity index (χ4v) is 1.87. The third-order valence-corrected chi connectivity index (χ3v) is 3.04. The SMILES string of the molecule is CCOC(=O)c1ccc(NCC(=O)c2ccc(O)cc2)cc1. The number of esters is 1. The van der Waals surface area contributed by atoms with E-state index in [1.807, 2.05) is 0 Å². The van der Waals surface area contributed by atoms with Gasteiger partial charge in [-0.1, -0.05) is 0 Å². The van der Waals surface area contributed by atoms with Gasteiger partial charge >= 0.3 is 5.97 Å². The van der Waals surface area contributed by atoms with Crippen LogP contribution in [-0.4, -0.2) is 30.0 Å². The van der Waals surface area contributed by atoms with Crippen molar-refractivity contribution in [2.75, 3.05) is 18.5 Å². The summed E-state index contributed by atoms with van der Waals surface area (Å²) in [7, 11) is 0. The highest BCUT2D eigenvalue weighted by molar-refractivity contribution is 5.99. The number of ether oxygens (including phenoxy) is 1. The summed E-state index contributed by atoms with van der Waals surface area (Å²) in [5, 5.41) is 12.2. The van der Waals surface area contributed by atoms with Gasteiger partial charge in [-0.2, -0.15) is 0 Å². The number of carbonyl (C=O) groups is 2. The van der Waals surface area contributed by atoms with Crippen molar-refractivity contribution >= 4 is 17.4 Å². The number of hydrogen-bond donors (Lipinski definition) is 2. The average Bonchev–Trinajstić information content (AvgIpc) is 2.54. The fourth-order valence-electron chi connectivity index (χ4n) is 1.87. The second kappa shape index (κ2) is 7.26. The summed E-state index contributed by atoms with van der Waals surface area (Å²) >= 11 is 0. The van der Waals surface area contributed by atoms with Gasteiger partial charge in [-0.15, -0.1) is 0 Å². The summed E-state index contributed by atoms with van der Waals surface area (Å²) in [6.45, 7) is 2.21. The van der Waals surface area contributed by atoms with E-state index in [2.05, 4.69) is 5.32 Å². The Kier molecular flexibility index (Phi) is 5.14. The van der Waals surface area contributed by atoms with E-state index in [1.54, 1.807) is 43.3 Å². The van der Waals surface area contributed by atoms with Crippen LogP contribution in [-0.2, 0) is 4.74 Å². The lowest BCUT2D eigenvalue weighted by molar-refractivity contribution is 0.0526. The number of anilines is 1. The third kappa shape index (κ3) is 4.09. The Morgan fingerprint density at radius 3 is 2.18 bits per heavy atom. The monoisotopic (exact) mass is 299 g/mol. The van der Waals surface area contributed by atoms with E-state index in [0.29, 0.717) is 17.7 Å². The maximum absolute atomic E-state index is 12.0. The lowest BCUT2D eigenvalue weighted by atomic mass is 10.1. The number of phenols is 1. The van der Waals surface area contributed by atoms with Crippen LogP contribution in [0, 0.1) is 0 Å². The first-order valence-electron chi connectivity index (χ1n) is 6.93. The molecule has 0 aliphatic rings. The molecule has 0 spiro atoms. The maximum Gasteiger partial charge on any atom is 0.338 e. The van der Waals surface area contributed by atoms with Crippen molar-refractivity contribution in [1.29, 1.82) is 0 Å². The number of ketones is 1. The minimum atomic E-state index is -0.366. The largest absolute Gasteiger partial charge is 0.508 e. The molecule has 0 bridgehead atoms. The van der Waals surface area contributed by atoms with Crippen LogP contribution in [0.2, 0.25) is 0 Å². The zero-order chi connectivity index (χ0) is 15.9. The predicted octanol–water partition coefficient (Wildman–Crippen LogP) is 2.86. The Balaban J connectivity index is 1.92. The van der Waals surface area contributed by atoms with Crippen LogP contribution < -0.4 is 5.32 Å². The van der Waals surface area contributed by atoms with Crippen LogP contribution in [0.1, 0.15) is 27.6 Å². The van der Waals surface area contributed by atoms with Crippen molar-refractivity contribution in [3.05, 3.63) is 59.7 Å². The van der Waals surface area contributed by atoms with Crippen LogP contribution in [0.25, 0.3) is 0 Å². The Labute approximate surface area is 128 Å². The Hall–Kier alpha value is -2.82. The minimum Gasteiger partial charge on any atom is -0.508 e. The average molecular weight is 299 g/mol. The number of hydrogen-bond acceptors (Lipinski definition) is 5. The molecular weight excluding hydrogens is 282 g/mol. The second-order valence-electron chi connectivity index (χ2n) is 4.62. The molecule has 2 rings (SSSR count). The van der Waals surface area contributed by atoms with Crippen LogP contribution in [0.4, 0.5) is 5.69 Å². The van der Waals surface area contributed by atoms with Gasteiger partial charge in [-0.3, -0.25) is 4.79 Å². The van der Waals surface area contributed by atoms with Crippen molar-refractivity contribution in [2.45, 2.75) is 6.92 Å². The normalized spacial score (nSPS) is 10.0. The maximum atomic E-state index is 12.0. The molecule has 114 valence electrons. The van der Waals surface area contributed by atoms with E-state index in [1.165, 1.54) is 12.1 Å². The quantitative estimate of drug-likeness (QED) is 0.633. The Bertz CT molecular complexity index is 647. The van der Waals surface area contributed by atoms with E-state index < -0.39 is 0 Å².